The first-order valence-electron chi connectivity index (χ1n) is 12.8. The van der Waals surface area contributed by atoms with E-state index in [-0.39, 0.29) is 18.3 Å². The quantitative estimate of drug-likeness (QED) is 0.204. The summed E-state index contributed by atoms with van der Waals surface area (Å²) in [6, 6.07) is 8.26. The Hall–Kier alpha value is -2.80. The second-order valence-electron chi connectivity index (χ2n) is 9.72. The van der Waals surface area contributed by atoms with Crippen LogP contribution in [0.3, 0.4) is 0 Å². The van der Waals surface area contributed by atoms with Crippen LogP contribution in [-0.2, 0) is 23.4 Å². The maximum absolute atomic E-state index is 13.8. The molecule has 0 aliphatic carbocycles. The lowest BCUT2D eigenvalue weighted by molar-refractivity contribution is -0.146. The zero-order valence-corrected chi connectivity index (χ0v) is 23.3. The second-order valence-corrected chi connectivity index (χ2v) is 11.4. The van der Waals surface area contributed by atoms with Gasteiger partial charge in [0.05, 0.1) is 18.8 Å². The summed E-state index contributed by atoms with van der Waals surface area (Å²) < 4.78 is 37.3. The van der Waals surface area contributed by atoms with Crippen molar-refractivity contribution in [1.82, 2.24) is 14.6 Å². The number of nitrogens with two attached hydrogens (primary N) is 1. The molecular formula is C25H37N4O9P. The van der Waals surface area contributed by atoms with Crippen LogP contribution in [0.25, 0.3) is 0 Å². The van der Waals surface area contributed by atoms with Gasteiger partial charge in [-0.15, -0.1) is 0 Å². The molecule has 5 N–H and O–H groups in total. The van der Waals surface area contributed by atoms with Crippen LogP contribution in [-0.4, -0.2) is 57.6 Å². The van der Waals surface area contributed by atoms with E-state index in [0.29, 0.717) is 0 Å². The van der Waals surface area contributed by atoms with Crippen molar-refractivity contribution in [3.63, 3.8) is 0 Å². The molecule has 3 rings (SSSR count). The molecule has 14 heteroatoms. The minimum Gasteiger partial charge on any atom is -0.464 e. The number of carbonyl (C=O) groups excluding carboxylic acids is 1. The van der Waals surface area contributed by atoms with Gasteiger partial charge in [0.2, 0.25) is 0 Å². The van der Waals surface area contributed by atoms with E-state index in [1.54, 1.807) is 30.3 Å². The van der Waals surface area contributed by atoms with E-state index < -0.39 is 61.6 Å². The van der Waals surface area contributed by atoms with Crippen molar-refractivity contribution in [2.75, 3.05) is 13.2 Å². The average molecular weight is 569 g/mol. The van der Waals surface area contributed by atoms with Gasteiger partial charge in [0.15, 0.2) is 6.23 Å². The standard InChI is InChI=1S/C25H37N4O9P/c1-5-17(6-2)14-35-22(32)16(3)28-39(34,38-18-10-8-7-9-11-18)36-15-19-21(31)25(4,26)23(37-19)29-13-12-20(30)27-24(29)33/h7-13,16-17,19,21,23,31H,5-6,14-15,26H2,1-4H3,(H,28,34)(H,27,30,33)/t16-,19+,21+,23+,25+,39?/m0/s1. The lowest BCUT2D eigenvalue weighted by Gasteiger charge is -2.28. The molecular weight excluding hydrogens is 531 g/mol. The number of ether oxygens (including phenoxy) is 2. The van der Waals surface area contributed by atoms with Crippen LogP contribution in [0.4, 0.5) is 0 Å². The topological polar surface area (TPSA) is 184 Å². The van der Waals surface area contributed by atoms with Gasteiger partial charge >= 0.3 is 19.4 Å². The average Bonchev–Trinajstić information content (AvgIpc) is 3.12. The van der Waals surface area contributed by atoms with Crippen molar-refractivity contribution < 1.29 is 33.0 Å². The number of H-pyrrole nitrogens is 1. The molecule has 39 heavy (non-hydrogen) atoms. The number of aliphatic hydroxyl groups is 1. The normalized spacial score (nSPS) is 25.3. The number of para-hydroxylation sites is 1. The fourth-order valence-corrected chi connectivity index (χ4v) is 5.56. The number of aliphatic hydroxyl groups excluding tert-OH is 1. The van der Waals surface area contributed by atoms with Crippen LogP contribution in [0, 0.1) is 5.92 Å². The summed E-state index contributed by atoms with van der Waals surface area (Å²) in [5.41, 5.74) is 3.43. The number of esters is 1. The Morgan fingerprint density at radius 1 is 1.26 bits per heavy atom. The predicted molar refractivity (Wildman–Crippen MR) is 142 cm³/mol. The molecule has 0 radical (unpaired) electrons. The van der Waals surface area contributed by atoms with Gasteiger partial charge in [-0.2, -0.15) is 5.09 Å². The monoisotopic (exact) mass is 568 g/mol. The molecule has 1 fully saturated rings. The smallest absolute Gasteiger partial charge is 0.459 e. The summed E-state index contributed by atoms with van der Waals surface area (Å²) in [4.78, 5) is 38.5. The van der Waals surface area contributed by atoms with Gasteiger partial charge in [0, 0.05) is 12.3 Å². The first-order chi connectivity index (χ1) is 18.4. The third-order valence-electron chi connectivity index (χ3n) is 6.63. The summed E-state index contributed by atoms with van der Waals surface area (Å²) in [5, 5.41) is 13.5. The third-order valence-corrected chi connectivity index (χ3v) is 8.27. The largest absolute Gasteiger partial charge is 0.464 e. The number of aromatic amines is 1. The molecule has 0 saturated carbocycles. The van der Waals surface area contributed by atoms with Crippen molar-refractivity contribution in [3.8, 4) is 5.75 Å². The Kier molecular flexibility index (Phi) is 10.3. The molecule has 216 valence electrons. The highest BCUT2D eigenvalue weighted by Crippen LogP contribution is 2.46. The SMILES string of the molecule is CCC(CC)COC(=O)[C@H](C)NP(=O)(OC[C@H]1O[C@@H](n2ccc(=O)[nH]c2=O)[C@](C)(N)[C@@H]1O)Oc1ccccc1. The van der Waals surface area contributed by atoms with Crippen molar-refractivity contribution in [2.24, 2.45) is 11.7 Å². The number of hydrogen-bond acceptors (Lipinski definition) is 10. The van der Waals surface area contributed by atoms with Crippen LogP contribution in [0.15, 0.2) is 52.2 Å². The van der Waals surface area contributed by atoms with Gasteiger partial charge in [-0.1, -0.05) is 44.9 Å². The first-order valence-corrected chi connectivity index (χ1v) is 14.3. The number of rotatable bonds is 13. The predicted octanol–water partition coefficient (Wildman–Crippen LogP) is 1.67. The Bertz CT molecular complexity index is 1260. The van der Waals surface area contributed by atoms with Gasteiger partial charge < -0.3 is 24.8 Å². The molecule has 13 nitrogen and oxygen atoms in total. The van der Waals surface area contributed by atoms with Crippen LogP contribution < -0.4 is 26.6 Å². The summed E-state index contributed by atoms with van der Waals surface area (Å²) in [5.74, 6) is -0.217. The fraction of sp³-hybridized carbons (Fsp3) is 0.560. The first kappa shape index (κ1) is 30.7. The Balaban J connectivity index is 1.76. The number of carbonyl (C=O) groups is 1. The molecule has 0 amide bonds. The van der Waals surface area contributed by atoms with Crippen molar-refractivity contribution >= 4 is 13.7 Å². The van der Waals surface area contributed by atoms with Crippen molar-refractivity contribution in [3.05, 3.63) is 63.4 Å². The zero-order valence-electron chi connectivity index (χ0n) is 22.4. The van der Waals surface area contributed by atoms with Gasteiger partial charge in [0.25, 0.3) is 5.56 Å². The molecule has 1 unspecified atom stereocenters. The van der Waals surface area contributed by atoms with Crippen LogP contribution in [0.5, 0.6) is 5.75 Å². The summed E-state index contributed by atoms with van der Waals surface area (Å²) in [7, 11) is -4.24. The molecule has 0 spiro atoms. The highest BCUT2D eigenvalue weighted by atomic mass is 31.2. The second kappa shape index (κ2) is 13.0. The van der Waals surface area contributed by atoms with E-state index in [1.165, 1.54) is 20.0 Å². The summed E-state index contributed by atoms with van der Waals surface area (Å²) in [6.45, 7) is 6.69. The molecule has 0 bridgehead atoms. The summed E-state index contributed by atoms with van der Waals surface area (Å²) >= 11 is 0. The molecule has 1 aromatic heterocycles. The van der Waals surface area contributed by atoms with Crippen LogP contribution >= 0.6 is 7.75 Å². The number of nitrogens with zero attached hydrogens (tertiary/aromatic N) is 1. The molecule has 2 aromatic rings. The highest BCUT2D eigenvalue weighted by Gasteiger charge is 2.52. The van der Waals surface area contributed by atoms with Crippen LogP contribution in [0.1, 0.15) is 46.8 Å². The third kappa shape index (κ3) is 7.65. The van der Waals surface area contributed by atoms with E-state index in [0.717, 1.165) is 23.5 Å². The van der Waals surface area contributed by atoms with Gasteiger partial charge in [0.1, 0.15) is 24.0 Å². The van der Waals surface area contributed by atoms with Gasteiger partial charge in [-0.3, -0.25) is 23.7 Å². The molecule has 1 saturated heterocycles. The lowest BCUT2D eigenvalue weighted by atomic mass is 9.93. The maximum Gasteiger partial charge on any atom is 0.459 e. The van der Waals surface area contributed by atoms with Gasteiger partial charge in [-0.25, -0.2) is 9.36 Å². The summed E-state index contributed by atoms with van der Waals surface area (Å²) in [6.07, 6.45) is -0.788. The number of aromatic nitrogens is 2. The Labute approximate surface area is 226 Å². The van der Waals surface area contributed by atoms with Gasteiger partial charge in [-0.05, 0) is 31.9 Å². The minimum atomic E-state index is -4.24. The van der Waals surface area contributed by atoms with E-state index in [4.69, 9.17) is 24.3 Å². The number of benzene rings is 1. The van der Waals surface area contributed by atoms with Crippen molar-refractivity contribution in [1.29, 1.82) is 0 Å². The number of nitrogens with one attached hydrogen (secondary N) is 2. The highest BCUT2D eigenvalue weighted by molar-refractivity contribution is 7.52. The van der Waals surface area contributed by atoms with E-state index in [9.17, 15) is 24.1 Å². The lowest BCUT2D eigenvalue weighted by Crippen LogP contribution is -2.53. The molecule has 6 atom stereocenters. The zero-order chi connectivity index (χ0) is 28.8. The van der Waals surface area contributed by atoms with Crippen molar-refractivity contribution in [2.45, 2.75) is 70.6 Å². The molecule has 1 aliphatic rings. The molecule has 1 aliphatic heterocycles. The molecule has 1 aromatic carbocycles. The van der Waals surface area contributed by atoms with E-state index in [1.807, 2.05) is 13.8 Å². The number of hydrogen-bond donors (Lipinski definition) is 4. The Morgan fingerprint density at radius 3 is 2.54 bits per heavy atom. The van der Waals surface area contributed by atoms with E-state index >= 15 is 0 Å². The Morgan fingerprint density at radius 2 is 1.92 bits per heavy atom. The minimum absolute atomic E-state index is 0.208. The van der Waals surface area contributed by atoms with E-state index in [2.05, 4.69) is 10.1 Å². The maximum atomic E-state index is 13.8. The fourth-order valence-electron chi connectivity index (χ4n) is 4.06. The molecule has 2 heterocycles. The van der Waals surface area contributed by atoms with Crippen LogP contribution in [0.2, 0.25) is 0 Å².